The Kier molecular flexibility index (Phi) is 6.06. The standard InChI is InChI=1S/C9H10ClNOS.C2H6/c10-9-2-1-8(3-11-9)13-6-7-4-12-5-7;1-2/h1-3,7H,4-6H2;1-2H3. The van der Waals surface area contributed by atoms with Gasteiger partial charge in [0.1, 0.15) is 5.15 Å². The van der Waals surface area contributed by atoms with Crippen molar-refractivity contribution in [2.75, 3.05) is 19.0 Å². The van der Waals surface area contributed by atoms with Crippen LogP contribution >= 0.6 is 23.4 Å². The second kappa shape index (κ2) is 7.09. The van der Waals surface area contributed by atoms with Gasteiger partial charge < -0.3 is 4.74 Å². The molecule has 0 aliphatic carbocycles. The highest BCUT2D eigenvalue weighted by atomic mass is 35.5. The van der Waals surface area contributed by atoms with Gasteiger partial charge in [-0.25, -0.2) is 4.98 Å². The van der Waals surface area contributed by atoms with Gasteiger partial charge >= 0.3 is 0 Å². The Labute approximate surface area is 100 Å². The normalized spacial score (nSPS) is 15.1. The monoisotopic (exact) mass is 245 g/mol. The zero-order valence-corrected chi connectivity index (χ0v) is 10.6. The molecule has 0 atom stereocenters. The first kappa shape index (κ1) is 12.8. The fourth-order valence-electron chi connectivity index (χ4n) is 1.04. The predicted molar refractivity (Wildman–Crippen MR) is 65.6 cm³/mol. The van der Waals surface area contributed by atoms with Crippen LogP contribution < -0.4 is 0 Å². The van der Waals surface area contributed by atoms with E-state index >= 15 is 0 Å². The zero-order valence-electron chi connectivity index (χ0n) is 9.07. The Hall–Kier alpha value is -0.250. The summed E-state index contributed by atoms with van der Waals surface area (Å²) in [5, 5.41) is 0.552. The van der Waals surface area contributed by atoms with Gasteiger partial charge in [-0.05, 0) is 12.1 Å². The van der Waals surface area contributed by atoms with Gasteiger partial charge in [0, 0.05) is 22.8 Å². The Morgan fingerprint density at radius 3 is 2.67 bits per heavy atom. The third-order valence-electron chi connectivity index (χ3n) is 1.89. The smallest absolute Gasteiger partial charge is 0.129 e. The number of ether oxygens (including phenoxy) is 1. The molecule has 0 N–H and O–H groups in total. The summed E-state index contributed by atoms with van der Waals surface area (Å²) < 4.78 is 5.09. The molecule has 84 valence electrons. The highest BCUT2D eigenvalue weighted by molar-refractivity contribution is 7.99. The van der Waals surface area contributed by atoms with Crippen LogP contribution in [0.5, 0.6) is 0 Å². The first-order valence-electron chi connectivity index (χ1n) is 5.17. The lowest BCUT2D eigenvalue weighted by molar-refractivity contribution is -0.0196. The molecule has 4 heteroatoms. The molecule has 2 rings (SSSR count). The topological polar surface area (TPSA) is 22.1 Å². The molecule has 0 unspecified atom stereocenters. The first-order chi connectivity index (χ1) is 7.34. The number of hydrogen-bond acceptors (Lipinski definition) is 3. The van der Waals surface area contributed by atoms with Crippen LogP contribution in [0.15, 0.2) is 23.2 Å². The number of pyridine rings is 1. The van der Waals surface area contributed by atoms with Crippen LogP contribution in [0.2, 0.25) is 5.15 Å². The van der Waals surface area contributed by atoms with E-state index < -0.39 is 0 Å². The number of nitrogens with zero attached hydrogens (tertiary/aromatic N) is 1. The van der Waals surface area contributed by atoms with Crippen molar-refractivity contribution in [1.29, 1.82) is 0 Å². The quantitative estimate of drug-likeness (QED) is 0.601. The lowest BCUT2D eigenvalue weighted by Gasteiger charge is -2.25. The van der Waals surface area contributed by atoms with Crippen molar-refractivity contribution in [3.8, 4) is 0 Å². The highest BCUT2D eigenvalue weighted by Gasteiger charge is 2.18. The van der Waals surface area contributed by atoms with E-state index in [1.165, 1.54) is 4.90 Å². The molecule has 1 aromatic rings. The average Bonchev–Trinajstić information content (AvgIpc) is 2.22. The Morgan fingerprint density at radius 2 is 2.20 bits per heavy atom. The van der Waals surface area contributed by atoms with Gasteiger partial charge in [0.05, 0.1) is 13.2 Å². The van der Waals surface area contributed by atoms with E-state index in [0.29, 0.717) is 5.15 Å². The van der Waals surface area contributed by atoms with Crippen molar-refractivity contribution in [2.24, 2.45) is 5.92 Å². The molecular weight excluding hydrogens is 230 g/mol. The van der Waals surface area contributed by atoms with Gasteiger partial charge in [-0.3, -0.25) is 0 Å². The minimum atomic E-state index is 0.552. The maximum atomic E-state index is 5.67. The molecule has 0 bridgehead atoms. The van der Waals surface area contributed by atoms with E-state index in [1.807, 2.05) is 43.9 Å². The van der Waals surface area contributed by atoms with E-state index in [9.17, 15) is 0 Å². The summed E-state index contributed by atoms with van der Waals surface area (Å²) in [4.78, 5) is 5.19. The van der Waals surface area contributed by atoms with Crippen molar-refractivity contribution < 1.29 is 4.74 Å². The number of rotatable bonds is 3. The van der Waals surface area contributed by atoms with Gasteiger partial charge in [-0.1, -0.05) is 25.4 Å². The second-order valence-electron chi connectivity index (χ2n) is 3.03. The van der Waals surface area contributed by atoms with E-state index in [2.05, 4.69) is 4.98 Å². The molecule has 1 aliphatic rings. The van der Waals surface area contributed by atoms with E-state index in [0.717, 1.165) is 24.9 Å². The maximum Gasteiger partial charge on any atom is 0.129 e. The molecule has 0 saturated carbocycles. The van der Waals surface area contributed by atoms with Crippen LogP contribution in [0, 0.1) is 5.92 Å². The molecule has 2 heterocycles. The summed E-state index contributed by atoms with van der Waals surface area (Å²) >= 11 is 7.48. The van der Waals surface area contributed by atoms with Crippen molar-refractivity contribution >= 4 is 23.4 Å². The second-order valence-corrected chi connectivity index (χ2v) is 4.51. The summed E-state index contributed by atoms with van der Waals surface area (Å²) in [7, 11) is 0. The summed E-state index contributed by atoms with van der Waals surface area (Å²) in [5.41, 5.74) is 0. The summed E-state index contributed by atoms with van der Waals surface area (Å²) in [6.07, 6.45) is 1.81. The highest BCUT2D eigenvalue weighted by Crippen LogP contribution is 2.23. The predicted octanol–water partition coefficient (Wildman–Crippen LogP) is 3.50. The minimum absolute atomic E-state index is 0.552. The van der Waals surface area contributed by atoms with Gasteiger partial charge in [-0.15, -0.1) is 11.8 Å². The number of aromatic nitrogens is 1. The van der Waals surface area contributed by atoms with Gasteiger partial charge in [0.25, 0.3) is 0 Å². The van der Waals surface area contributed by atoms with Crippen LogP contribution in [0.3, 0.4) is 0 Å². The molecule has 0 amide bonds. The lowest BCUT2D eigenvalue weighted by atomic mass is 10.1. The maximum absolute atomic E-state index is 5.67. The molecule has 1 fully saturated rings. The van der Waals surface area contributed by atoms with Crippen molar-refractivity contribution in [3.63, 3.8) is 0 Å². The van der Waals surface area contributed by atoms with Crippen molar-refractivity contribution in [3.05, 3.63) is 23.5 Å². The molecular formula is C11H16ClNOS. The molecule has 1 saturated heterocycles. The number of hydrogen-bond donors (Lipinski definition) is 0. The van der Waals surface area contributed by atoms with E-state index in [-0.39, 0.29) is 0 Å². The molecule has 0 aromatic carbocycles. The molecule has 0 spiro atoms. The molecule has 1 aliphatic heterocycles. The fraction of sp³-hybridized carbons (Fsp3) is 0.545. The fourth-order valence-corrected chi connectivity index (χ4v) is 2.07. The Morgan fingerprint density at radius 1 is 1.47 bits per heavy atom. The zero-order chi connectivity index (χ0) is 11.1. The molecule has 2 nitrogen and oxygen atoms in total. The van der Waals surface area contributed by atoms with Gasteiger partial charge in [0.15, 0.2) is 0 Å². The number of thioether (sulfide) groups is 1. The minimum Gasteiger partial charge on any atom is -0.381 e. The summed E-state index contributed by atoms with van der Waals surface area (Å²) in [6.45, 7) is 5.82. The molecule has 15 heavy (non-hydrogen) atoms. The van der Waals surface area contributed by atoms with Gasteiger partial charge in [-0.2, -0.15) is 0 Å². The molecule has 0 radical (unpaired) electrons. The van der Waals surface area contributed by atoms with Crippen LogP contribution in [-0.4, -0.2) is 24.0 Å². The van der Waals surface area contributed by atoms with E-state index in [4.69, 9.17) is 16.3 Å². The third kappa shape index (κ3) is 4.41. The summed E-state index contributed by atoms with van der Waals surface area (Å²) in [5.74, 6) is 1.84. The van der Waals surface area contributed by atoms with Gasteiger partial charge in [0.2, 0.25) is 0 Å². The van der Waals surface area contributed by atoms with Crippen LogP contribution in [-0.2, 0) is 4.74 Å². The Balaban J connectivity index is 0.000000531. The first-order valence-corrected chi connectivity index (χ1v) is 6.53. The van der Waals surface area contributed by atoms with E-state index in [1.54, 1.807) is 0 Å². The van der Waals surface area contributed by atoms with Crippen molar-refractivity contribution in [1.82, 2.24) is 4.98 Å². The van der Waals surface area contributed by atoms with Crippen LogP contribution in [0.1, 0.15) is 13.8 Å². The lowest BCUT2D eigenvalue weighted by Crippen LogP contribution is -2.29. The van der Waals surface area contributed by atoms with Crippen LogP contribution in [0.25, 0.3) is 0 Å². The Bertz CT molecular complexity index is 274. The largest absolute Gasteiger partial charge is 0.381 e. The van der Waals surface area contributed by atoms with Crippen molar-refractivity contribution in [2.45, 2.75) is 18.7 Å². The van der Waals surface area contributed by atoms with Crippen LogP contribution in [0.4, 0.5) is 0 Å². The average molecular weight is 246 g/mol. The molecule has 1 aromatic heterocycles. The SMILES string of the molecule is CC.Clc1ccc(SCC2COC2)cn1. The number of halogens is 1. The summed E-state index contributed by atoms with van der Waals surface area (Å²) in [6, 6.07) is 3.82. The third-order valence-corrected chi connectivity index (χ3v) is 3.33.